The van der Waals surface area contributed by atoms with E-state index < -0.39 is 55.6 Å². The largest absolute Gasteiger partial charge is 0.462 e. The van der Waals surface area contributed by atoms with Crippen LogP contribution in [0.4, 0.5) is 5.82 Å². The van der Waals surface area contributed by atoms with Gasteiger partial charge in [0.05, 0.1) is 19.3 Å². The van der Waals surface area contributed by atoms with Gasteiger partial charge in [-0.2, -0.15) is 10.1 Å². The molecule has 2 aromatic rings. The van der Waals surface area contributed by atoms with Crippen molar-refractivity contribution in [3.63, 3.8) is 0 Å². The zero-order valence-corrected chi connectivity index (χ0v) is 21.8. The summed E-state index contributed by atoms with van der Waals surface area (Å²) in [6, 6.07) is 8.61. The van der Waals surface area contributed by atoms with Crippen LogP contribution in [0.3, 0.4) is 0 Å². The number of para-hydroxylation sites is 1. The molecule has 4 N–H and O–H groups in total. The zero-order valence-electron chi connectivity index (χ0n) is 20.9. The van der Waals surface area contributed by atoms with Crippen molar-refractivity contribution in [3.8, 4) is 5.75 Å². The average Bonchev–Trinajstić information content (AvgIpc) is 3.20. The van der Waals surface area contributed by atoms with E-state index in [0.717, 1.165) is 4.57 Å². The van der Waals surface area contributed by atoms with Crippen molar-refractivity contribution in [1.29, 1.82) is 0 Å². The smallest absolute Gasteiger partial charge is 0.459 e. The Hall–Kier alpha value is -2.80. The van der Waals surface area contributed by atoms with Gasteiger partial charge in [0.15, 0.2) is 6.23 Å². The summed E-state index contributed by atoms with van der Waals surface area (Å²) >= 11 is 0. The molecule has 6 atom stereocenters. The van der Waals surface area contributed by atoms with Gasteiger partial charge in [-0.1, -0.05) is 18.2 Å². The highest BCUT2D eigenvalue weighted by Crippen LogP contribution is 2.54. The Morgan fingerprint density at radius 3 is 2.68 bits per heavy atom. The number of rotatable bonds is 10. The fourth-order valence-corrected chi connectivity index (χ4v) is 5.77. The molecule has 2 saturated heterocycles. The first-order chi connectivity index (χ1) is 17.4. The number of nitrogen functional groups attached to an aromatic ring is 1. The van der Waals surface area contributed by atoms with E-state index in [4.69, 9.17) is 29.0 Å². The second kappa shape index (κ2) is 10.2. The minimum Gasteiger partial charge on any atom is -0.462 e. The number of benzene rings is 1. The molecule has 1 aromatic carbocycles. The first-order valence-electron chi connectivity index (χ1n) is 11.7. The number of carbonyl (C=O) groups is 1. The lowest BCUT2D eigenvalue weighted by Crippen LogP contribution is -2.46. The van der Waals surface area contributed by atoms with Crippen molar-refractivity contribution in [2.45, 2.75) is 63.4 Å². The van der Waals surface area contributed by atoms with Crippen LogP contribution >= 0.6 is 7.75 Å². The molecule has 2 fully saturated rings. The topological polar surface area (TPSA) is 173 Å². The normalized spacial score (nSPS) is 29.1. The number of hydrogen-bond donors (Lipinski definition) is 3. The van der Waals surface area contributed by atoms with E-state index in [1.54, 1.807) is 51.1 Å². The highest BCUT2D eigenvalue weighted by Gasteiger charge is 2.69. The van der Waals surface area contributed by atoms with Gasteiger partial charge in [0.25, 0.3) is 0 Å². The van der Waals surface area contributed by atoms with Crippen LogP contribution < -0.4 is 21.0 Å². The van der Waals surface area contributed by atoms with Crippen LogP contribution in [-0.2, 0) is 28.1 Å². The molecule has 13 nitrogen and oxygen atoms in total. The molecule has 2 bridgehead atoms. The predicted molar refractivity (Wildman–Crippen MR) is 131 cm³/mol. The third-order valence-corrected chi connectivity index (χ3v) is 7.74. The predicted octanol–water partition coefficient (Wildman–Crippen LogP) is 1.38. The Labute approximate surface area is 213 Å². The van der Waals surface area contributed by atoms with Gasteiger partial charge in [0.1, 0.15) is 34.9 Å². The van der Waals surface area contributed by atoms with Crippen LogP contribution in [-0.4, -0.2) is 63.3 Å². The van der Waals surface area contributed by atoms with Crippen molar-refractivity contribution >= 4 is 19.5 Å². The Morgan fingerprint density at radius 1 is 1.32 bits per heavy atom. The van der Waals surface area contributed by atoms with Crippen molar-refractivity contribution in [2.75, 3.05) is 18.9 Å². The standard InChI is InChI=1S/C23H31N4O9P/c1-14(2)34-18(28)15(3)26-37(31,36-16-8-6-5-7-9-16)33-13-23-12-32-22(4,19(23)29)20(35-23)27-11-10-17(24)25-21(27)30/h5-11,14-15,19-20,29H,12-13H2,1-4H3,(H,26,31)(H2,24,25,30)/t15?,19-,20+,22+,23+,37?/m0/s1. The SMILES string of the molecule is CC(C)OC(=O)C(C)NP(=O)(OC[C@]12CO[C@](C)([C@@H]1O)[C@H](n1ccc(N)nc1=O)O2)Oc1ccccc1. The number of aromatic nitrogens is 2. The van der Waals surface area contributed by atoms with Crippen molar-refractivity contribution in [3.05, 3.63) is 53.1 Å². The fraction of sp³-hybridized carbons (Fsp3) is 0.522. The second-order valence-corrected chi connectivity index (χ2v) is 11.2. The van der Waals surface area contributed by atoms with Crippen LogP contribution in [0.2, 0.25) is 0 Å². The van der Waals surface area contributed by atoms with E-state index in [1.807, 2.05) is 0 Å². The van der Waals surface area contributed by atoms with Gasteiger partial charge >= 0.3 is 19.4 Å². The third-order valence-electron chi connectivity index (χ3n) is 6.11. The minimum absolute atomic E-state index is 0.0317. The molecular formula is C23H31N4O9P. The molecule has 0 radical (unpaired) electrons. The molecule has 0 saturated carbocycles. The number of nitrogens with two attached hydrogens (primary N) is 1. The Morgan fingerprint density at radius 2 is 2.03 bits per heavy atom. The maximum atomic E-state index is 13.8. The lowest BCUT2D eigenvalue weighted by Gasteiger charge is -2.34. The highest BCUT2D eigenvalue weighted by atomic mass is 31.2. The minimum atomic E-state index is -4.24. The number of aliphatic hydroxyl groups excluding tert-OH is 1. The van der Waals surface area contributed by atoms with Gasteiger partial charge in [-0.3, -0.25) is 13.9 Å². The van der Waals surface area contributed by atoms with E-state index in [1.165, 1.54) is 19.2 Å². The zero-order chi connectivity index (χ0) is 27.0. The monoisotopic (exact) mass is 538 g/mol. The number of carbonyl (C=O) groups excluding carboxylic acids is 1. The van der Waals surface area contributed by atoms with Gasteiger partial charge in [-0.25, -0.2) is 9.36 Å². The van der Waals surface area contributed by atoms with Gasteiger partial charge in [0, 0.05) is 6.20 Å². The summed E-state index contributed by atoms with van der Waals surface area (Å²) in [6.45, 7) is 5.85. The van der Waals surface area contributed by atoms with E-state index in [2.05, 4.69) is 10.1 Å². The number of ether oxygens (including phenoxy) is 3. The summed E-state index contributed by atoms with van der Waals surface area (Å²) in [6.07, 6.45) is -1.34. The number of nitrogens with zero attached hydrogens (tertiary/aromatic N) is 2. The van der Waals surface area contributed by atoms with E-state index >= 15 is 0 Å². The third kappa shape index (κ3) is 5.42. The summed E-state index contributed by atoms with van der Waals surface area (Å²) < 4.78 is 43.5. The summed E-state index contributed by atoms with van der Waals surface area (Å²) in [4.78, 5) is 28.5. The molecule has 0 amide bonds. The molecule has 14 heteroatoms. The van der Waals surface area contributed by atoms with Crippen molar-refractivity contribution in [2.24, 2.45) is 0 Å². The molecule has 0 aliphatic carbocycles. The summed E-state index contributed by atoms with van der Waals surface area (Å²) in [5.74, 6) is -0.403. The van der Waals surface area contributed by atoms with E-state index in [9.17, 15) is 19.3 Å². The number of aliphatic hydroxyl groups is 1. The lowest BCUT2D eigenvalue weighted by atomic mass is 9.92. The van der Waals surface area contributed by atoms with E-state index in [0.29, 0.717) is 0 Å². The summed E-state index contributed by atoms with van der Waals surface area (Å²) in [7, 11) is -4.24. The molecule has 2 aliphatic rings. The van der Waals surface area contributed by atoms with E-state index in [-0.39, 0.29) is 24.3 Å². The maximum absolute atomic E-state index is 13.8. The van der Waals surface area contributed by atoms with Crippen LogP contribution in [0.5, 0.6) is 5.75 Å². The maximum Gasteiger partial charge on any atom is 0.459 e. The molecule has 202 valence electrons. The Kier molecular flexibility index (Phi) is 7.48. The molecule has 2 aliphatic heterocycles. The Balaban J connectivity index is 1.57. The molecular weight excluding hydrogens is 507 g/mol. The van der Waals surface area contributed by atoms with Crippen LogP contribution in [0.25, 0.3) is 0 Å². The average molecular weight is 538 g/mol. The molecule has 37 heavy (non-hydrogen) atoms. The number of fused-ring (bicyclic) bond motifs is 2. The van der Waals surface area contributed by atoms with Gasteiger partial charge in [0.2, 0.25) is 0 Å². The number of anilines is 1. The molecule has 3 heterocycles. The van der Waals surface area contributed by atoms with Gasteiger partial charge in [-0.05, 0) is 45.9 Å². The van der Waals surface area contributed by atoms with Gasteiger partial charge in [-0.15, -0.1) is 0 Å². The fourth-order valence-electron chi connectivity index (χ4n) is 4.22. The molecule has 0 spiro atoms. The van der Waals surface area contributed by atoms with Crippen molar-refractivity contribution in [1.82, 2.24) is 14.6 Å². The van der Waals surface area contributed by atoms with Crippen LogP contribution in [0.15, 0.2) is 47.4 Å². The molecule has 4 rings (SSSR count). The number of esters is 1. The second-order valence-electron chi connectivity index (χ2n) is 9.46. The quantitative estimate of drug-likeness (QED) is 0.293. The molecule has 1 aromatic heterocycles. The number of nitrogens with one attached hydrogen (secondary N) is 1. The number of hydrogen-bond acceptors (Lipinski definition) is 11. The lowest BCUT2D eigenvalue weighted by molar-refractivity contribution is -0.211. The van der Waals surface area contributed by atoms with Crippen molar-refractivity contribution < 1.29 is 37.7 Å². The van der Waals surface area contributed by atoms with Crippen LogP contribution in [0, 0.1) is 0 Å². The molecule has 2 unspecified atom stereocenters. The highest BCUT2D eigenvalue weighted by molar-refractivity contribution is 7.52. The summed E-state index contributed by atoms with van der Waals surface area (Å²) in [5.41, 5.74) is 2.06. The Bertz CT molecular complexity index is 1240. The summed E-state index contributed by atoms with van der Waals surface area (Å²) in [5, 5.41) is 13.7. The first kappa shape index (κ1) is 27.2. The van der Waals surface area contributed by atoms with Crippen LogP contribution in [0.1, 0.15) is 33.9 Å². The first-order valence-corrected chi connectivity index (χ1v) is 13.2. The van der Waals surface area contributed by atoms with Gasteiger partial charge < -0.3 is 29.6 Å².